The second kappa shape index (κ2) is 7.36. The van der Waals surface area contributed by atoms with Crippen molar-refractivity contribution in [2.45, 2.75) is 52.1 Å². The van der Waals surface area contributed by atoms with E-state index in [4.69, 9.17) is 4.74 Å². The Morgan fingerprint density at radius 2 is 2.00 bits per heavy atom. The van der Waals surface area contributed by atoms with Gasteiger partial charge in [-0.2, -0.15) is 0 Å². The summed E-state index contributed by atoms with van der Waals surface area (Å²) in [6.07, 6.45) is 6.40. The minimum absolute atomic E-state index is 0.0270. The number of nitrogens with one attached hydrogen (secondary N) is 1. The summed E-state index contributed by atoms with van der Waals surface area (Å²) in [5.41, 5.74) is 0.958. The number of halogens is 1. The van der Waals surface area contributed by atoms with Crippen LogP contribution in [0.3, 0.4) is 0 Å². The fraction of sp³-hybridized carbons (Fsp3) is 0.733. The maximum Gasteiger partial charge on any atom is 0.160 e. The molecule has 5 heteroatoms. The van der Waals surface area contributed by atoms with Gasteiger partial charge in [0.2, 0.25) is 0 Å². The van der Waals surface area contributed by atoms with E-state index in [0.717, 1.165) is 21.8 Å². The van der Waals surface area contributed by atoms with E-state index >= 15 is 0 Å². The highest BCUT2D eigenvalue weighted by atomic mass is 79.9. The summed E-state index contributed by atoms with van der Waals surface area (Å²) in [6, 6.07) is 0. The number of hydrogen-bond donors (Lipinski definition) is 1. The Hall–Kier alpha value is -0.680. The molecule has 0 amide bonds. The van der Waals surface area contributed by atoms with Gasteiger partial charge < -0.3 is 10.1 Å². The van der Waals surface area contributed by atoms with E-state index in [-0.39, 0.29) is 6.10 Å². The molecule has 20 heavy (non-hydrogen) atoms. The maximum absolute atomic E-state index is 5.99. The van der Waals surface area contributed by atoms with Gasteiger partial charge in [0.15, 0.2) is 5.82 Å². The van der Waals surface area contributed by atoms with E-state index < -0.39 is 0 Å². The Morgan fingerprint density at radius 3 is 2.60 bits per heavy atom. The van der Waals surface area contributed by atoms with Crippen LogP contribution in [-0.4, -0.2) is 23.6 Å². The average molecular weight is 342 g/mol. The first-order valence-corrected chi connectivity index (χ1v) is 8.30. The van der Waals surface area contributed by atoms with Crippen molar-refractivity contribution in [2.24, 2.45) is 5.92 Å². The summed E-state index contributed by atoms with van der Waals surface area (Å²) in [5.74, 6) is 2.21. The van der Waals surface area contributed by atoms with E-state index in [9.17, 15) is 0 Å². The molecule has 0 aliphatic heterocycles. The third kappa shape index (κ3) is 3.50. The summed E-state index contributed by atoms with van der Waals surface area (Å²) >= 11 is 3.53. The summed E-state index contributed by atoms with van der Waals surface area (Å²) in [6.45, 7) is 4.75. The van der Waals surface area contributed by atoms with Crippen LogP contribution in [0.25, 0.3) is 0 Å². The fourth-order valence-corrected chi connectivity index (χ4v) is 3.29. The van der Waals surface area contributed by atoms with Crippen LogP contribution >= 0.6 is 15.9 Å². The van der Waals surface area contributed by atoms with Crippen molar-refractivity contribution < 1.29 is 4.74 Å². The van der Waals surface area contributed by atoms with Gasteiger partial charge in [-0.15, -0.1) is 0 Å². The Morgan fingerprint density at radius 1 is 1.30 bits per heavy atom. The van der Waals surface area contributed by atoms with Gasteiger partial charge in [-0.1, -0.05) is 19.3 Å². The van der Waals surface area contributed by atoms with Crippen molar-refractivity contribution in [2.75, 3.05) is 19.0 Å². The predicted octanol–water partition coefficient (Wildman–Crippen LogP) is 4.25. The lowest BCUT2D eigenvalue weighted by molar-refractivity contribution is -0.000215. The molecule has 0 saturated heterocycles. The Kier molecular flexibility index (Phi) is 5.78. The molecule has 0 radical (unpaired) electrons. The molecule has 1 fully saturated rings. The molecule has 1 aromatic heterocycles. The summed E-state index contributed by atoms with van der Waals surface area (Å²) in [7, 11) is 1.88. The Labute approximate surface area is 129 Å². The van der Waals surface area contributed by atoms with E-state index in [1.807, 2.05) is 20.9 Å². The zero-order valence-corrected chi connectivity index (χ0v) is 14.2. The first-order valence-electron chi connectivity index (χ1n) is 7.50. The van der Waals surface area contributed by atoms with Crippen LogP contribution in [0.2, 0.25) is 0 Å². The summed E-state index contributed by atoms with van der Waals surface area (Å²) < 4.78 is 6.93. The van der Waals surface area contributed by atoms with Gasteiger partial charge in [0.1, 0.15) is 11.9 Å². The average Bonchev–Trinajstić information content (AvgIpc) is 2.48. The van der Waals surface area contributed by atoms with E-state index in [2.05, 4.69) is 31.2 Å². The molecule has 1 aliphatic rings. The van der Waals surface area contributed by atoms with Crippen molar-refractivity contribution in [1.82, 2.24) is 9.97 Å². The molecular weight excluding hydrogens is 318 g/mol. The van der Waals surface area contributed by atoms with Crippen LogP contribution in [0, 0.1) is 12.8 Å². The smallest absolute Gasteiger partial charge is 0.160 e. The molecule has 0 spiro atoms. The molecule has 1 saturated carbocycles. The minimum atomic E-state index is 0.0270. The van der Waals surface area contributed by atoms with Gasteiger partial charge in [0.05, 0.1) is 10.2 Å². The van der Waals surface area contributed by atoms with Crippen molar-refractivity contribution in [3.05, 3.63) is 16.0 Å². The lowest BCUT2D eigenvalue weighted by Gasteiger charge is -2.29. The molecule has 1 aliphatic carbocycles. The molecule has 1 heterocycles. The highest BCUT2D eigenvalue weighted by Crippen LogP contribution is 2.36. The third-order valence-electron chi connectivity index (χ3n) is 3.95. The zero-order chi connectivity index (χ0) is 14.5. The second-order valence-corrected chi connectivity index (χ2v) is 6.15. The van der Waals surface area contributed by atoms with Crippen LogP contribution in [0.5, 0.6) is 0 Å². The Balaban J connectivity index is 2.30. The second-order valence-electron chi connectivity index (χ2n) is 5.35. The molecule has 2 rings (SSSR count). The van der Waals surface area contributed by atoms with Gasteiger partial charge >= 0.3 is 0 Å². The highest BCUT2D eigenvalue weighted by molar-refractivity contribution is 9.10. The zero-order valence-electron chi connectivity index (χ0n) is 12.6. The summed E-state index contributed by atoms with van der Waals surface area (Å²) in [5, 5.41) is 3.12. The van der Waals surface area contributed by atoms with Crippen molar-refractivity contribution in [1.29, 1.82) is 0 Å². The molecule has 1 atom stereocenters. The number of ether oxygens (including phenoxy) is 1. The predicted molar refractivity (Wildman–Crippen MR) is 85.0 cm³/mol. The van der Waals surface area contributed by atoms with Crippen LogP contribution in [0.1, 0.15) is 56.7 Å². The molecule has 4 nitrogen and oxygen atoms in total. The van der Waals surface area contributed by atoms with E-state index in [1.54, 1.807) is 0 Å². The van der Waals surface area contributed by atoms with Crippen molar-refractivity contribution in [3.8, 4) is 0 Å². The quantitative estimate of drug-likeness (QED) is 0.869. The van der Waals surface area contributed by atoms with E-state index in [0.29, 0.717) is 12.5 Å². The maximum atomic E-state index is 5.99. The van der Waals surface area contributed by atoms with Crippen LogP contribution in [0.15, 0.2) is 4.47 Å². The van der Waals surface area contributed by atoms with Gasteiger partial charge in [0, 0.05) is 13.7 Å². The molecule has 0 aromatic carbocycles. The lowest BCUT2D eigenvalue weighted by Crippen LogP contribution is -2.22. The molecule has 1 aromatic rings. The normalized spacial score (nSPS) is 18.0. The lowest BCUT2D eigenvalue weighted by atomic mass is 9.85. The van der Waals surface area contributed by atoms with Gasteiger partial charge in [0.25, 0.3) is 0 Å². The first-order chi connectivity index (χ1) is 9.67. The molecule has 112 valence electrons. The van der Waals surface area contributed by atoms with Gasteiger partial charge in [-0.3, -0.25) is 0 Å². The number of aromatic nitrogens is 2. The molecule has 1 unspecified atom stereocenters. The number of nitrogens with zero attached hydrogens (tertiary/aromatic N) is 2. The molecular formula is C15H24BrN3O. The summed E-state index contributed by atoms with van der Waals surface area (Å²) in [4.78, 5) is 9.30. The topological polar surface area (TPSA) is 47.0 Å². The van der Waals surface area contributed by atoms with Crippen molar-refractivity contribution >= 4 is 21.7 Å². The van der Waals surface area contributed by atoms with Gasteiger partial charge in [-0.25, -0.2) is 9.97 Å². The SMILES string of the molecule is CCOC(c1nc(C)c(Br)c(NC)n1)C1CCCCC1. The fourth-order valence-electron chi connectivity index (χ4n) is 2.91. The Bertz CT molecular complexity index is 447. The van der Waals surface area contributed by atoms with Crippen LogP contribution in [-0.2, 0) is 4.74 Å². The highest BCUT2D eigenvalue weighted by Gasteiger charge is 2.28. The largest absolute Gasteiger partial charge is 0.372 e. The number of anilines is 1. The number of rotatable bonds is 5. The standard InChI is InChI=1S/C15H24BrN3O/c1-4-20-13(11-8-6-5-7-9-11)15-18-10(2)12(16)14(17-3)19-15/h11,13H,4-9H2,1-3H3,(H,17,18,19). The monoisotopic (exact) mass is 341 g/mol. The van der Waals surface area contributed by atoms with E-state index in [1.165, 1.54) is 32.1 Å². The van der Waals surface area contributed by atoms with Crippen molar-refractivity contribution in [3.63, 3.8) is 0 Å². The molecule has 1 N–H and O–H groups in total. The van der Waals surface area contributed by atoms with Crippen LogP contribution < -0.4 is 5.32 Å². The van der Waals surface area contributed by atoms with Crippen LogP contribution in [0.4, 0.5) is 5.82 Å². The first kappa shape index (κ1) is 15.7. The third-order valence-corrected chi connectivity index (χ3v) is 4.90. The number of aryl methyl sites for hydroxylation is 1. The molecule has 0 bridgehead atoms. The number of hydrogen-bond acceptors (Lipinski definition) is 4. The minimum Gasteiger partial charge on any atom is -0.372 e. The van der Waals surface area contributed by atoms with Gasteiger partial charge in [-0.05, 0) is 48.5 Å².